The van der Waals surface area contributed by atoms with Crippen LogP contribution < -0.4 is 4.90 Å². The lowest BCUT2D eigenvalue weighted by Gasteiger charge is -2.23. The summed E-state index contributed by atoms with van der Waals surface area (Å²) >= 11 is 5.97. The van der Waals surface area contributed by atoms with E-state index in [0.29, 0.717) is 36.6 Å². The summed E-state index contributed by atoms with van der Waals surface area (Å²) in [6.45, 7) is 1.34. The van der Waals surface area contributed by atoms with Gasteiger partial charge in [-0.3, -0.25) is 9.69 Å². The Labute approximate surface area is 185 Å². The highest BCUT2D eigenvalue weighted by atomic mass is 35.5. The minimum atomic E-state index is -0.686. The zero-order valence-corrected chi connectivity index (χ0v) is 17.6. The van der Waals surface area contributed by atoms with E-state index in [9.17, 15) is 9.59 Å². The van der Waals surface area contributed by atoms with Crippen molar-refractivity contribution in [2.75, 3.05) is 24.5 Å². The Morgan fingerprint density at radius 2 is 1.61 bits per heavy atom. The fourth-order valence-electron chi connectivity index (χ4n) is 4.38. The maximum absolute atomic E-state index is 13.4. The third kappa shape index (κ3) is 3.66. The molecule has 31 heavy (non-hydrogen) atoms. The van der Waals surface area contributed by atoms with Gasteiger partial charge in [0.2, 0.25) is 0 Å². The summed E-state index contributed by atoms with van der Waals surface area (Å²) in [6, 6.07) is 24.6. The lowest BCUT2D eigenvalue weighted by molar-refractivity contribution is 0.0554. The zero-order chi connectivity index (χ0) is 21.4. The number of carbonyl (C=O) groups is 2. The number of carbonyl (C=O) groups excluding carboxylic acids is 2. The topological polar surface area (TPSA) is 49.9 Å². The highest BCUT2D eigenvalue weighted by molar-refractivity contribution is 6.30. The average molecular weight is 433 g/mol. The summed E-state index contributed by atoms with van der Waals surface area (Å²) in [5.74, 6) is -0.0441. The Morgan fingerprint density at radius 3 is 2.39 bits per heavy atom. The first-order valence-electron chi connectivity index (χ1n) is 10.2. The summed E-state index contributed by atoms with van der Waals surface area (Å²) in [4.78, 5) is 29.4. The van der Waals surface area contributed by atoms with Crippen LogP contribution in [0.4, 0.5) is 10.5 Å². The number of halogens is 1. The Bertz CT molecular complexity index is 1130. The van der Waals surface area contributed by atoms with Gasteiger partial charge in [-0.2, -0.15) is 0 Å². The smallest absolute Gasteiger partial charge is 0.415 e. The molecule has 0 aliphatic carbocycles. The molecule has 2 aliphatic heterocycles. The fraction of sp³-hybridized carbons (Fsp3) is 0.200. The molecular weight excluding hydrogens is 412 g/mol. The van der Waals surface area contributed by atoms with Crippen LogP contribution in [-0.4, -0.2) is 42.1 Å². The normalized spacial score (nSPS) is 20.4. The molecule has 0 N–H and O–H groups in total. The van der Waals surface area contributed by atoms with Crippen LogP contribution in [0, 0.1) is 0 Å². The number of rotatable bonds is 3. The van der Waals surface area contributed by atoms with Crippen molar-refractivity contribution in [1.29, 1.82) is 0 Å². The van der Waals surface area contributed by atoms with E-state index in [1.807, 2.05) is 54.6 Å². The van der Waals surface area contributed by atoms with Crippen molar-refractivity contribution in [2.24, 2.45) is 0 Å². The molecule has 1 unspecified atom stereocenters. The van der Waals surface area contributed by atoms with Crippen LogP contribution in [0.5, 0.6) is 0 Å². The van der Waals surface area contributed by atoms with E-state index in [1.54, 1.807) is 34.1 Å². The first-order chi connectivity index (χ1) is 15.0. The first kappa shape index (κ1) is 19.6. The fourth-order valence-corrected chi connectivity index (χ4v) is 4.51. The molecule has 2 aliphatic rings. The van der Waals surface area contributed by atoms with Gasteiger partial charge in [0, 0.05) is 29.2 Å². The van der Waals surface area contributed by atoms with Crippen LogP contribution in [0.15, 0.2) is 78.9 Å². The molecule has 0 aromatic heterocycles. The molecule has 5 nitrogen and oxygen atoms in total. The van der Waals surface area contributed by atoms with Crippen LogP contribution in [0.3, 0.4) is 0 Å². The Morgan fingerprint density at radius 1 is 0.903 bits per heavy atom. The van der Waals surface area contributed by atoms with E-state index >= 15 is 0 Å². The van der Waals surface area contributed by atoms with Crippen molar-refractivity contribution in [3.8, 4) is 11.1 Å². The summed E-state index contributed by atoms with van der Waals surface area (Å²) in [6.07, 6.45) is 0.225. The third-order valence-electron chi connectivity index (χ3n) is 5.95. The third-order valence-corrected chi connectivity index (χ3v) is 6.21. The van der Waals surface area contributed by atoms with Crippen molar-refractivity contribution in [3.63, 3.8) is 0 Å². The van der Waals surface area contributed by atoms with Crippen LogP contribution in [0.2, 0.25) is 5.02 Å². The van der Waals surface area contributed by atoms with Gasteiger partial charge >= 0.3 is 6.09 Å². The molecule has 156 valence electrons. The van der Waals surface area contributed by atoms with Crippen molar-refractivity contribution in [1.82, 2.24) is 4.90 Å². The summed E-state index contributed by atoms with van der Waals surface area (Å²) in [5.41, 5.74) is 2.62. The van der Waals surface area contributed by atoms with Gasteiger partial charge in [0.15, 0.2) is 5.60 Å². The lowest BCUT2D eigenvalue weighted by atomic mass is 9.99. The summed E-state index contributed by atoms with van der Waals surface area (Å²) in [7, 11) is 0. The van der Waals surface area contributed by atoms with E-state index in [1.165, 1.54) is 0 Å². The van der Waals surface area contributed by atoms with E-state index in [2.05, 4.69) is 0 Å². The highest BCUT2D eigenvalue weighted by Crippen LogP contribution is 2.36. The predicted molar refractivity (Wildman–Crippen MR) is 120 cm³/mol. The number of hydrogen-bond donors (Lipinski definition) is 0. The SMILES string of the molecule is O=C(c1ccccc1-c1ccccc1)N1CCC2(C1)CN(c1ccc(Cl)cc1)C(=O)O2. The number of benzene rings is 3. The zero-order valence-electron chi connectivity index (χ0n) is 16.8. The average Bonchev–Trinajstić information content (AvgIpc) is 3.36. The quantitative estimate of drug-likeness (QED) is 0.568. The molecule has 2 amide bonds. The minimum absolute atomic E-state index is 0.0441. The van der Waals surface area contributed by atoms with E-state index in [-0.39, 0.29) is 12.0 Å². The Balaban J connectivity index is 1.36. The molecule has 6 heteroatoms. The van der Waals surface area contributed by atoms with Gasteiger partial charge in [-0.25, -0.2) is 4.79 Å². The predicted octanol–water partition coefficient (Wildman–Crippen LogP) is 5.25. The van der Waals surface area contributed by atoms with Crippen LogP contribution in [-0.2, 0) is 4.74 Å². The summed E-state index contributed by atoms with van der Waals surface area (Å²) in [5, 5.41) is 0.612. The van der Waals surface area contributed by atoms with Crippen LogP contribution in [0.1, 0.15) is 16.8 Å². The molecule has 2 fully saturated rings. The standard InChI is InChI=1S/C25H21ClN2O3/c26-19-10-12-20(13-11-19)28-17-25(31-24(28)30)14-15-27(16-25)23(29)22-9-5-4-8-21(22)18-6-2-1-3-7-18/h1-13H,14-17H2. The molecule has 5 rings (SSSR count). The molecule has 2 saturated heterocycles. The second-order valence-electron chi connectivity index (χ2n) is 8.00. The van der Waals surface area contributed by atoms with Gasteiger partial charge in [-0.1, -0.05) is 60.1 Å². The van der Waals surface area contributed by atoms with Crippen molar-refractivity contribution in [2.45, 2.75) is 12.0 Å². The van der Waals surface area contributed by atoms with Crippen molar-refractivity contribution in [3.05, 3.63) is 89.4 Å². The second-order valence-corrected chi connectivity index (χ2v) is 8.44. The number of amides is 2. The number of anilines is 1. The number of hydrogen-bond acceptors (Lipinski definition) is 3. The largest absolute Gasteiger partial charge is 0.439 e. The van der Waals surface area contributed by atoms with E-state index < -0.39 is 5.60 Å². The molecule has 1 spiro atoms. The van der Waals surface area contributed by atoms with Gasteiger partial charge in [-0.15, -0.1) is 0 Å². The van der Waals surface area contributed by atoms with Gasteiger partial charge in [-0.05, 0) is 41.5 Å². The van der Waals surface area contributed by atoms with Gasteiger partial charge in [0.05, 0.1) is 13.1 Å². The molecule has 1 atom stereocenters. The summed E-state index contributed by atoms with van der Waals surface area (Å²) < 4.78 is 5.80. The molecular formula is C25H21ClN2O3. The molecule has 2 heterocycles. The molecule has 3 aromatic carbocycles. The Hall–Kier alpha value is -3.31. The van der Waals surface area contributed by atoms with Gasteiger partial charge in [0.25, 0.3) is 5.91 Å². The number of nitrogens with zero attached hydrogens (tertiary/aromatic N) is 2. The molecule has 0 saturated carbocycles. The maximum Gasteiger partial charge on any atom is 0.415 e. The molecule has 0 radical (unpaired) electrons. The molecule has 0 bridgehead atoms. The monoisotopic (exact) mass is 432 g/mol. The minimum Gasteiger partial charge on any atom is -0.439 e. The first-order valence-corrected chi connectivity index (χ1v) is 10.6. The maximum atomic E-state index is 13.4. The number of likely N-dealkylation sites (tertiary alicyclic amines) is 1. The van der Waals surface area contributed by atoms with Crippen LogP contribution in [0.25, 0.3) is 11.1 Å². The van der Waals surface area contributed by atoms with E-state index in [4.69, 9.17) is 16.3 Å². The lowest BCUT2D eigenvalue weighted by Crippen LogP contribution is -2.39. The molecule has 3 aromatic rings. The van der Waals surface area contributed by atoms with Gasteiger partial charge < -0.3 is 9.64 Å². The highest BCUT2D eigenvalue weighted by Gasteiger charge is 2.51. The van der Waals surface area contributed by atoms with Gasteiger partial charge in [0.1, 0.15) is 0 Å². The van der Waals surface area contributed by atoms with Crippen LogP contribution >= 0.6 is 11.6 Å². The second kappa shape index (κ2) is 7.75. The van der Waals surface area contributed by atoms with Crippen molar-refractivity contribution < 1.29 is 14.3 Å². The Kier molecular flexibility index (Phi) is 4.91. The van der Waals surface area contributed by atoms with E-state index in [0.717, 1.165) is 16.8 Å². The van der Waals surface area contributed by atoms with Crippen molar-refractivity contribution >= 4 is 29.3 Å². The number of ether oxygens (including phenoxy) is 1.